The molecule has 26 heavy (non-hydrogen) atoms. The molecule has 0 radical (unpaired) electrons. The van der Waals surface area contributed by atoms with Gasteiger partial charge in [0.2, 0.25) is 15.9 Å². The first-order valence-electron chi connectivity index (χ1n) is 7.17. The Morgan fingerprint density at radius 3 is 2.08 bits per heavy atom. The van der Waals surface area contributed by atoms with E-state index in [1.165, 1.54) is 0 Å². The fraction of sp³-hybridized carbons (Fsp3) is 0.188. The van der Waals surface area contributed by atoms with Crippen molar-refractivity contribution in [3.8, 4) is 0 Å². The number of benzene rings is 2. The summed E-state index contributed by atoms with van der Waals surface area (Å²) in [6.45, 7) is -0.500. The fourth-order valence-corrected chi connectivity index (χ4v) is 3.30. The molecule has 0 unspecified atom stereocenters. The smallest absolute Gasteiger partial charge is 0.325 e. The first-order chi connectivity index (χ1) is 12.0. The Hall–Kier alpha value is -1.82. The number of rotatable bonds is 5. The van der Waals surface area contributed by atoms with Gasteiger partial charge in [0.05, 0.1) is 17.5 Å². The molecule has 2 aromatic rings. The summed E-state index contributed by atoms with van der Waals surface area (Å²) >= 11 is 2.06. The standard InChI is InChI=1S/C16H14F3IN2O3S/c1-26(24,25)22(14-8-4-12(20)5-9-14)10-15(23)21-13-6-2-11(3-7-13)16(17,18)19/h2-9H,10H2,1H3,(H,21,23). The van der Waals surface area contributed by atoms with Crippen LogP contribution in [0, 0.1) is 3.57 Å². The number of hydrogen-bond donors (Lipinski definition) is 1. The highest BCUT2D eigenvalue weighted by molar-refractivity contribution is 14.1. The lowest BCUT2D eigenvalue weighted by Gasteiger charge is -2.22. The van der Waals surface area contributed by atoms with E-state index in [-0.39, 0.29) is 5.69 Å². The van der Waals surface area contributed by atoms with Crippen LogP contribution in [0.3, 0.4) is 0 Å². The minimum atomic E-state index is -4.47. The van der Waals surface area contributed by atoms with Crippen LogP contribution < -0.4 is 9.62 Å². The van der Waals surface area contributed by atoms with Crippen LogP contribution >= 0.6 is 22.6 Å². The van der Waals surface area contributed by atoms with Crippen molar-refractivity contribution in [3.63, 3.8) is 0 Å². The largest absolute Gasteiger partial charge is 0.416 e. The number of amides is 1. The summed E-state index contributed by atoms with van der Waals surface area (Å²) in [5.41, 5.74) is -0.387. The SMILES string of the molecule is CS(=O)(=O)N(CC(=O)Nc1ccc(C(F)(F)F)cc1)c1ccc(I)cc1. The van der Waals surface area contributed by atoms with Gasteiger partial charge in [0.15, 0.2) is 0 Å². The van der Waals surface area contributed by atoms with Crippen molar-refractivity contribution < 1.29 is 26.4 Å². The Morgan fingerprint density at radius 2 is 1.62 bits per heavy atom. The van der Waals surface area contributed by atoms with Crippen LogP contribution in [0.2, 0.25) is 0 Å². The monoisotopic (exact) mass is 498 g/mol. The van der Waals surface area contributed by atoms with Gasteiger partial charge >= 0.3 is 6.18 Å². The minimum Gasteiger partial charge on any atom is -0.325 e. The molecular weight excluding hydrogens is 484 g/mol. The van der Waals surface area contributed by atoms with Crippen molar-refractivity contribution in [2.45, 2.75) is 6.18 Å². The van der Waals surface area contributed by atoms with E-state index in [0.717, 1.165) is 38.4 Å². The van der Waals surface area contributed by atoms with Gasteiger partial charge in [0.1, 0.15) is 6.54 Å². The van der Waals surface area contributed by atoms with E-state index >= 15 is 0 Å². The third-order valence-corrected chi connectivity index (χ3v) is 5.16. The fourth-order valence-electron chi connectivity index (χ4n) is 2.08. The molecule has 5 nitrogen and oxygen atoms in total. The average Bonchev–Trinajstić information content (AvgIpc) is 2.52. The number of alkyl halides is 3. The van der Waals surface area contributed by atoms with E-state index in [4.69, 9.17) is 0 Å². The second-order valence-electron chi connectivity index (χ2n) is 5.37. The second kappa shape index (κ2) is 7.82. The Morgan fingerprint density at radius 1 is 1.08 bits per heavy atom. The molecule has 0 aliphatic carbocycles. The van der Waals surface area contributed by atoms with Gasteiger partial charge < -0.3 is 5.32 Å². The van der Waals surface area contributed by atoms with E-state index in [2.05, 4.69) is 27.9 Å². The Bertz CT molecular complexity index is 882. The van der Waals surface area contributed by atoms with Gasteiger partial charge in [-0.05, 0) is 71.1 Å². The molecule has 0 heterocycles. The van der Waals surface area contributed by atoms with Crippen LogP contribution in [0.1, 0.15) is 5.56 Å². The van der Waals surface area contributed by atoms with E-state index in [1.807, 2.05) is 0 Å². The number of nitrogens with one attached hydrogen (secondary N) is 1. The maximum Gasteiger partial charge on any atom is 0.416 e. The highest BCUT2D eigenvalue weighted by Crippen LogP contribution is 2.29. The van der Waals surface area contributed by atoms with E-state index in [9.17, 15) is 26.4 Å². The molecule has 140 valence electrons. The first-order valence-corrected chi connectivity index (χ1v) is 10.1. The molecule has 0 aromatic heterocycles. The van der Waals surface area contributed by atoms with Gasteiger partial charge in [0.25, 0.3) is 0 Å². The number of sulfonamides is 1. The lowest BCUT2D eigenvalue weighted by atomic mass is 10.2. The molecule has 0 aliphatic rings. The first kappa shape index (κ1) is 20.5. The zero-order chi connectivity index (χ0) is 19.5. The van der Waals surface area contributed by atoms with Gasteiger partial charge in [-0.25, -0.2) is 8.42 Å². The number of carbonyl (C=O) groups excluding carboxylic acids is 1. The maximum absolute atomic E-state index is 12.5. The molecular formula is C16H14F3IN2O3S. The maximum atomic E-state index is 12.5. The number of carbonyl (C=O) groups is 1. The lowest BCUT2D eigenvalue weighted by Crippen LogP contribution is -2.37. The molecule has 0 saturated carbocycles. The molecule has 2 rings (SSSR count). The zero-order valence-corrected chi connectivity index (χ0v) is 16.4. The molecule has 0 bridgehead atoms. The molecule has 1 amide bonds. The van der Waals surface area contributed by atoms with Crippen LogP contribution in [-0.4, -0.2) is 27.1 Å². The van der Waals surface area contributed by atoms with Crippen molar-refractivity contribution in [1.82, 2.24) is 0 Å². The summed E-state index contributed by atoms with van der Waals surface area (Å²) in [7, 11) is -3.72. The predicted molar refractivity (Wildman–Crippen MR) is 101 cm³/mol. The number of anilines is 2. The van der Waals surface area contributed by atoms with Crippen molar-refractivity contribution in [2.75, 3.05) is 22.4 Å². The van der Waals surface area contributed by atoms with Crippen LogP contribution in [0.5, 0.6) is 0 Å². The van der Waals surface area contributed by atoms with Crippen molar-refractivity contribution in [2.24, 2.45) is 0 Å². The van der Waals surface area contributed by atoms with Crippen molar-refractivity contribution in [1.29, 1.82) is 0 Å². The van der Waals surface area contributed by atoms with Gasteiger partial charge in [-0.15, -0.1) is 0 Å². The number of nitrogens with zero attached hydrogens (tertiary/aromatic N) is 1. The summed E-state index contributed by atoms with van der Waals surface area (Å²) < 4.78 is 63.4. The normalized spacial score (nSPS) is 11.9. The Balaban J connectivity index is 2.14. The molecule has 2 aromatic carbocycles. The van der Waals surface area contributed by atoms with Crippen LogP contribution in [0.4, 0.5) is 24.5 Å². The van der Waals surface area contributed by atoms with Gasteiger partial charge in [0, 0.05) is 9.26 Å². The molecule has 0 fully saturated rings. The van der Waals surface area contributed by atoms with Crippen LogP contribution in [0.15, 0.2) is 48.5 Å². The Kier molecular flexibility index (Phi) is 6.17. The molecule has 0 atom stereocenters. The number of hydrogen-bond acceptors (Lipinski definition) is 3. The minimum absolute atomic E-state index is 0.138. The average molecular weight is 498 g/mol. The third kappa shape index (κ3) is 5.59. The van der Waals surface area contributed by atoms with Gasteiger partial charge in [-0.2, -0.15) is 13.2 Å². The topological polar surface area (TPSA) is 66.5 Å². The quantitative estimate of drug-likeness (QED) is 0.640. The summed E-state index contributed by atoms with van der Waals surface area (Å²) in [5, 5.41) is 2.39. The summed E-state index contributed by atoms with van der Waals surface area (Å²) in [4.78, 5) is 12.2. The molecule has 1 N–H and O–H groups in total. The van der Waals surface area contributed by atoms with E-state index < -0.39 is 34.2 Å². The highest BCUT2D eigenvalue weighted by atomic mass is 127. The highest BCUT2D eigenvalue weighted by Gasteiger charge is 2.30. The van der Waals surface area contributed by atoms with E-state index in [0.29, 0.717) is 5.69 Å². The number of halogens is 4. The summed E-state index contributed by atoms with van der Waals surface area (Å²) in [6, 6.07) is 10.4. The zero-order valence-electron chi connectivity index (χ0n) is 13.4. The Labute approximate surface area is 162 Å². The molecule has 10 heteroatoms. The van der Waals surface area contributed by atoms with Crippen LogP contribution in [0.25, 0.3) is 0 Å². The molecule has 0 saturated heterocycles. The third-order valence-electron chi connectivity index (χ3n) is 3.30. The predicted octanol–water partition coefficient (Wildman–Crippen LogP) is 3.71. The van der Waals surface area contributed by atoms with E-state index in [1.54, 1.807) is 24.3 Å². The van der Waals surface area contributed by atoms with Crippen molar-refractivity contribution in [3.05, 3.63) is 57.7 Å². The molecule has 0 spiro atoms. The summed E-state index contributed by atoms with van der Waals surface area (Å²) in [6.07, 6.45) is -3.50. The van der Waals surface area contributed by atoms with Gasteiger partial charge in [-0.1, -0.05) is 0 Å². The van der Waals surface area contributed by atoms with Crippen molar-refractivity contribution >= 4 is 49.9 Å². The second-order valence-corrected chi connectivity index (χ2v) is 8.52. The molecule has 0 aliphatic heterocycles. The lowest BCUT2D eigenvalue weighted by molar-refractivity contribution is -0.137. The van der Waals surface area contributed by atoms with Crippen LogP contribution in [-0.2, 0) is 21.0 Å². The van der Waals surface area contributed by atoms with Gasteiger partial charge in [-0.3, -0.25) is 9.10 Å². The summed E-state index contributed by atoms with van der Waals surface area (Å²) in [5.74, 6) is -0.672.